The Balaban J connectivity index is 1.21. The number of ether oxygens (including phenoxy) is 1. The van der Waals surface area contributed by atoms with E-state index in [-0.39, 0.29) is 10.5 Å². The first-order valence-corrected chi connectivity index (χ1v) is 19.6. The van der Waals surface area contributed by atoms with Crippen molar-refractivity contribution in [2.75, 3.05) is 16.5 Å². The van der Waals surface area contributed by atoms with Gasteiger partial charge in [-0.15, -0.1) is 0 Å². The number of rotatable bonds is 4. The number of benzene rings is 4. The van der Waals surface area contributed by atoms with Gasteiger partial charge in [0.1, 0.15) is 17.3 Å². The normalized spacial score (nSPS) is 16.7. The van der Waals surface area contributed by atoms with E-state index in [2.05, 4.69) is 171 Å². The van der Waals surface area contributed by atoms with Crippen LogP contribution in [-0.2, 0) is 5.41 Å². The van der Waals surface area contributed by atoms with E-state index in [1.807, 2.05) is 6.20 Å². The lowest BCUT2D eigenvalue weighted by Gasteiger charge is -2.50. The molecule has 0 aliphatic carbocycles. The maximum Gasteiger partial charge on any atom is 0.137 e. The fraction of sp³-hybridized carbons (Fsp3) is 0.244. The highest BCUT2D eigenvalue weighted by atomic mass is 28.3. The van der Waals surface area contributed by atoms with Crippen molar-refractivity contribution in [3.63, 3.8) is 0 Å². The Morgan fingerprint density at radius 1 is 0.766 bits per heavy atom. The number of hydrogen-bond donors (Lipinski definition) is 0. The van der Waals surface area contributed by atoms with Gasteiger partial charge in [0.25, 0.3) is 0 Å². The van der Waals surface area contributed by atoms with E-state index in [9.17, 15) is 0 Å². The van der Waals surface area contributed by atoms with E-state index < -0.39 is 8.07 Å². The van der Waals surface area contributed by atoms with Gasteiger partial charge in [0.05, 0.1) is 25.8 Å². The molecule has 0 bridgehead atoms. The molecule has 4 aromatic carbocycles. The molecular weight excluding hydrogens is 593 g/mol. The van der Waals surface area contributed by atoms with Crippen LogP contribution in [0.3, 0.4) is 0 Å². The molecule has 2 aromatic heterocycles. The minimum absolute atomic E-state index is 0.0202. The van der Waals surface area contributed by atoms with Crippen LogP contribution < -0.4 is 19.7 Å². The summed E-state index contributed by atoms with van der Waals surface area (Å²) in [5, 5.41) is 3.94. The molecule has 2 aliphatic rings. The summed E-state index contributed by atoms with van der Waals surface area (Å²) in [6, 6.07) is 36.8. The number of para-hydroxylation sites is 2. The van der Waals surface area contributed by atoms with Crippen LogP contribution in [0.15, 0.2) is 121 Å². The SMILES string of the molecule is CC(C)(C)c1ccnc(-n2c3ccccc3c3ccc(Oc4ccc5c(c4)N4CN(c6ccccc6)C=C4C(C)(C)[Si]5(C)C)cc32)c1. The number of fused-ring (bicyclic) bond motifs is 6. The highest BCUT2D eigenvalue weighted by Gasteiger charge is 2.52. The van der Waals surface area contributed by atoms with Crippen LogP contribution >= 0.6 is 0 Å². The molecule has 2 aliphatic heterocycles. The molecule has 5 nitrogen and oxygen atoms in total. The molecule has 236 valence electrons. The molecule has 0 unspecified atom stereocenters. The van der Waals surface area contributed by atoms with E-state index in [1.54, 1.807) is 0 Å². The maximum absolute atomic E-state index is 6.72. The Kier molecular flexibility index (Phi) is 6.51. The minimum atomic E-state index is -1.89. The second-order valence-corrected chi connectivity index (χ2v) is 20.1. The Morgan fingerprint density at radius 3 is 2.26 bits per heavy atom. The van der Waals surface area contributed by atoms with Crippen molar-refractivity contribution in [3.8, 4) is 17.3 Å². The Morgan fingerprint density at radius 2 is 1.47 bits per heavy atom. The molecule has 6 heteroatoms. The second kappa shape index (κ2) is 10.3. The number of anilines is 2. The van der Waals surface area contributed by atoms with Gasteiger partial charge in [0, 0.05) is 57.4 Å². The molecule has 0 fully saturated rings. The lowest BCUT2D eigenvalue weighted by molar-refractivity contribution is 0.483. The minimum Gasteiger partial charge on any atom is -0.457 e. The van der Waals surface area contributed by atoms with Crippen molar-refractivity contribution in [1.82, 2.24) is 9.55 Å². The molecule has 0 spiro atoms. The largest absolute Gasteiger partial charge is 0.457 e. The summed E-state index contributed by atoms with van der Waals surface area (Å²) >= 11 is 0. The van der Waals surface area contributed by atoms with Gasteiger partial charge in [-0.25, -0.2) is 4.98 Å². The van der Waals surface area contributed by atoms with Crippen molar-refractivity contribution in [3.05, 3.63) is 127 Å². The van der Waals surface area contributed by atoms with Gasteiger partial charge in [0.15, 0.2) is 0 Å². The topological polar surface area (TPSA) is 33.5 Å². The number of nitrogens with zero attached hydrogens (tertiary/aromatic N) is 4. The summed E-state index contributed by atoms with van der Waals surface area (Å²) in [7, 11) is -1.89. The monoisotopic (exact) mass is 634 g/mol. The standard InChI is InChI=1S/C41H42N4OSi/c1-40(2,3)28-21-22-42-39(23-28)45-34-16-12-11-15-32(34)33-19-17-30(24-35(33)45)46-31-18-20-37-36(25-31)44-27-43(29-13-9-8-10-14-29)26-38(44)41(4,5)47(37,6)7/h8-26H,27H2,1-7H3. The van der Waals surface area contributed by atoms with Gasteiger partial charge >= 0.3 is 0 Å². The summed E-state index contributed by atoms with van der Waals surface area (Å²) in [6.45, 7) is 17.4. The average molecular weight is 635 g/mol. The highest BCUT2D eigenvalue weighted by Crippen LogP contribution is 2.53. The molecule has 0 radical (unpaired) electrons. The van der Waals surface area contributed by atoms with Gasteiger partial charge < -0.3 is 14.5 Å². The van der Waals surface area contributed by atoms with E-state index in [1.165, 1.54) is 38.6 Å². The first kappa shape index (κ1) is 29.6. The molecule has 47 heavy (non-hydrogen) atoms. The summed E-state index contributed by atoms with van der Waals surface area (Å²) in [5.74, 6) is 2.57. The molecule has 0 N–H and O–H groups in total. The lowest BCUT2D eigenvalue weighted by Crippen LogP contribution is -2.58. The fourth-order valence-electron chi connectivity index (χ4n) is 7.35. The Bertz CT molecular complexity index is 2210. The van der Waals surface area contributed by atoms with Crippen LogP contribution in [0.2, 0.25) is 18.1 Å². The molecule has 0 amide bonds. The molecule has 8 rings (SSSR count). The molecule has 0 saturated heterocycles. The van der Waals surface area contributed by atoms with Crippen LogP contribution in [0.1, 0.15) is 40.2 Å². The third-order valence-electron chi connectivity index (χ3n) is 10.8. The molecule has 0 atom stereocenters. The maximum atomic E-state index is 6.72. The fourth-order valence-corrected chi connectivity index (χ4v) is 10.2. The van der Waals surface area contributed by atoms with Gasteiger partial charge in [0.2, 0.25) is 0 Å². The zero-order valence-corrected chi connectivity index (χ0v) is 29.4. The van der Waals surface area contributed by atoms with Crippen molar-refractivity contribution in [1.29, 1.82) is 0 Å². The number of aromatic nitrogens is 2. The average Bonchev–Trinajstić information content (AvgIpc) is 3.65. The summed E-state index contributed by atoms with van der Waals surface area (Å²) in [4.78, 5) is 9.73. The van der Waals surface area contributed by atoms with Crippen LogP contribution in [0.25, 0.3) is 27.6 Å². The smallest absolute Gasteiger partial charge is 0.137 e. The number of hydrogen-bond acceptors (Lipinski definition) is 4. The third kappa shape index (κ3) is 4.61. The zero-order valence-electron chi connectivity index (χ0n) is 28.4. The predicted octanol–water partition coefficient (Wildman–Crippen LogP) is 10.1. The van der Waals surface area contributed by atoms with Crippen LogP contribution in [0.4, 0.5) is 11.4 Å². The molecule has 6 aromatic rings. The molecular formula is C41H42N4OSi. The quantitative estimate of drug-likeness (QED) is 0.181. The van der Waals surface area contributed by atoms with E-state index >= 15 is 0 Å². The first-order chi connectivity index (χ1) is 22.4. The Hall–Kier alpha value is -4.81. The highest BCUT2D eigenvalue weighted by molar-refractivity contribution is 6.94. The van der Waals surface area contributed by atoms with Gasteiger partial charge in [-0.1, -0.05) is 90.2 Å². The van der Waals surface area contributed by atoms with E-state index in [4.69, 9.17) is 9.72 Å². The molecule has 0 saturated carbocycles. The number of allylic oxidation sites excluding steroid dienone is 1. The second-order valence-electron chi connectivity index (χ2n) is 15.1. The Labute approximate surface area is 278 Å². The lowest BCUT2D eigenvalue weighted by atomic mass is 9.88. The van der Waals surface area contributed by atoms with Crippen LogP contribution in [0, 0.1) is 0 Å². The van der Waals surface area contributed by atoms with Crippen LogP contribution in [0.5, 0.6) is 11.5 Å². The summed E-state index contributed by atoms with van der Waals surface area (Å²) < 4.78 is 8.99. The van der Waals surface area contributed by atoms with Crippen molar-refractivity contribution < 1.29 is 4.74 Å². The van der Waals surface area contributed by atoms with E-state index in [0.29, 0.717) is 0 Å². The summed E-state index contributed by atoms with van der Waals surface area (Å²) in [6.07, 6.45) is 4.30. The first-order valence-electron chi connectivity index (χ1n) is 16.6. The summed E-state index contributed by atoms with van der Waals surface area (Å²) in [5.41, 5.74) is 7.36. The number of pyridine rings is 1. The molecule has 4 heterocycles. The van der Waals surface area contributed by atoms with Gasteiger partial charge in [-0.3, -0.25) is 4.57 Å². The van der Waals surface area contributed by atoms with Crippen molar-refractivity contribution in [2.24, 2.45) is 0 Å². The van der Waals surface area contributed by atoms with Gasteiger partial charge in [-0.05, 0) is 64.7 Å². The zero-order chi connectivity index (χ0) is 32.7. The van der Waals surface area contributed by atoms with E-state index in [0.717, 1.165) is 35.0 Å². The van der Waals surface area contributed by atoms with Crippen molar-refractivity contribution >= 4 is 46.4 Å². The predicted molar refractivity (Wildman–Crippen MR) is 199 cm³/mol. The van der Waals surface area contributed by atoms with Crippen molar-refractivity contribution in [2.45, 2.75) is 58.2 Å². The van der Waals surface area contributed by atoms with Gasteiger partial charge in [-0.2, -0.15) is 0 Å². The van der Waals surface area contributed by atoms with Crippen LogP contribution in [-0.4, -0.2) is 24.3 Å². The third-order valence-corrected chi connectivity index (χ3v) is 16.0.